The van der Waals surface area contributed by atoms with E-state index < -0.39 is 19.9 Å². The third kappa shape index (κ3) is 5.85. The second-order valence-corrected chi connectivity index (χ2v) is 8.32. The molecule has 0 spiro atoms. The molecule has 0 amide bonds. The Kier molecular flexibility index (Phi) is 5.90. The van der Waals surface area contributed by atoms with Crippen LogP contribution in [0.25, 0.3) is 0 Å². The third-order valence-electron chi connectivity index (χ3n) is 2.39. The maximum absolute atomic E-state index is 11.9. The van der Waals surface area contributed by atoms with Crippen LogP contribution in [0.1, 0.15) is 13.3 Å². The first-order chi connectivity index (χ1) is 9.24. The van der Waals surface area contributed by atoms with E-state index in [-0.39, 0.29) is 23.6 Å². The van der Waals surface area contributed by atoms with Gasteiger partial charge in [0.1, 0.15) is 20.6 Å². The lowest BCUT2D eigenvalue weighted by atomic mass is 10.4. The number of anilines is 1. The minimum atomic E-state index is -3.64. The molecule has 2 N–H and O–H groups in total. The molecule has 0 aliphatic heterocycles. The maximum Gasteiger partial charge on any atom is 0.242 e. The lowest BCUT2D eigenvalue weighted by molar-refractivity contribution is 0.577. The zero-order valence-electron chi connectivity index (χ0n) is 11.5. The van der Waals surface area contributed by atoms with Crippen LogP contribution >= 0.6 is 0 Å². The minimum absolute atomic E-state index is 0.0485. The van der Waals surface area contributed by atoms with E-state index in [0.717, 1.165) is 6.26 Å². The molecular weight excluding hydrogens is 302 g/mol. The van der Waals surface area contributed by atoms with E-state index in [1.165, 1.54) is 12.3 Å². The summed E-state index contributed by atoms with van der Waals surface area (Å²) in [5.41, 5.74) is 0. The minimum Gasteiger partial charge on any atom is -0.370 e. The Morgan fingerprint density at radius 3 is 2.40 bits per heavy atom. The van der Waals surface area contributed by atoms with Crippen molar-refractivity contribution >= 4 is 25.7 Å². The van der Waals surface area contributed by atoms with Gasteiger partial charge in [-0.25, -0.2) is 26.5 Å². The second-order valence-electron chi connectivity index (χ2n) is 4.29. The van der Waals surface area contributed by atoms with Crippen molar-refractivity contribution in [2.45, 2.75) is 18.2 Å². The maximum atomic E-state index is 11.9. The van der Waals surface area contributed by atoms with E-state index in [1.807, 2.05) is 6.92 Å². The Morgan fingerprint density at radius 2 is 1.90 bits per heavy atom. The van der Waals surface area contributed by atoms with Gasteiger partial charge in [-0.15, -0.1) is 0 Å². The molecule has 9 heteroatoms. The van der Waals surface area contributed by atoms with Gasteiger partial charge in [-0.1, -0.05) is 0 Å². The highest BCUT2D eigenvalue weighted by Crippen LogP contribution is 2.10. The Hall–Kier alpha value is -1.19. The van der Waals surface area contributed by atoms with Crippen LogP contribution in [0.5, 0.6) is 0 Å². The largest absolute Gasteiger partial charge is 0.370 e. The molecule has 7 nitrogen and oxygen atoms in total. The van der Waals surface area contributed by atoms with Gasteiger partial charge in [0.15, 0.2) is 0 Å². The molecule has 0 atom stereocenters. The molecule has 0 unspecified atom stereocenters. The van der Waals surface area contributed by atoms with Crippen molar-refractivity contribution in [3.05, 3.63) is 18.3 Å². The highest BCUT2D eigenvalue weighted by atomic mass is 32.2. The SMILES string of the molecule is CCNc1ccc(S(=O)(=O)NCCCS(C)(=O)=O)cn1. The van der Waals surface area contributed by atoms with Crippen LogP contribution in [0.2, 0.25) is 0 Å². The highest BCUT2D eigenvalue weighted by Gasteiger charge is 2.14. The average molecular weight is 321 g/mol. The Balaban J connectivity index is 2.60. The molecule has 1 rings (SSSR count). The van der Waals surface area contributed by atoms with E-state index in [2.05, 4.69) is 15.0 Å². The van der Waals surface area contributed by atoms with Crippen molar-refractivity contribution in [1.82, 2.24) is 9.71 Å². The standard InChI is InChI=1S/C11H19N3O4S2/c1-3-12-11-6-5-10(9-13-11)20(17,18)14-7-4-8-19(2,15)16/h5-6,9,14H,3-4,7-8H2,1-2H3,(H,12,13). The van der Waals surface area contributed by atoms with Crippen molar-refractivity contribution in [3.8, 4) is 0 Å². The van der Waals surface area contributed by atoms with Gasteiger partial charge in [-0.05, 0) is 25.5 Å². The van der Waals surface area contributed by atoms with Crippen molar-refractivity contribution in [2.24, 2.45) is 0 Å². The zero-order valence-corrected chi connectivity index (χ0v) is 13.1. The van der Waals surface area contributed by atoms with Crippen LogP contribution < -0.4 is 10.0 Å². The summed E-state index contributed by atoms with van der Waals surface area (Å²) < 4.78 is 48.0. The summed E-state index contributed by atoms with van der Waals surface area (Å²) in [7, 11) is -6.72. The van der Waals surface area contributed by atoms with Crippen molar-refractivity contribution < 1.29 is 16.8 Å². The molecule has 114 valence electrons. The fourth-order valence-electron chi connectivity index (χ4n) is 1.45. The molecule has 1 heterocycles. The van der Waals surface area contributed by atoms with Crippen molar-refractivity contribution in [1.29, 1.82) is 0 Å². The fourth-order valence-corrected chi connectivity index (χ4v) is 3.14. The number of sulfone groups is 1. The van der Waals surface area contributed by atoms with Gasteiger partial charge in [0.2, 0.25) is 10.0 Å². The summed E-state index contributed by atoms with van der Waals surface area (Å²) in [5.74, 6) is 0.552. The Labute approximate surface area is 119 Å². The molecule has 1 aromatic heterocycles. The Bertz CT molecular complexity index is 624. The van der Waals surface area contributed by atoms with Gasteiger partial charge in [-0.2, -0.15) is 0 Å². The van der Waals surface area contributed by atoms with E-state index in [0.29, 0.717) is 12.4 Å². The van der Waals surface area contributed by atoms with Crippen LogP contribution in [0.3, 0.4) is 0 Å². The van der Waals surface area contributed by atoms with Gasteiger partial charge in [-0.3, -0.25) is 0 Å². The van der Waals surface area contributed by atoms with Gasteiger partial charge in [0, 0.05) is 25.5 Å². The molecule has 0 radical (unpaired) electrons. The van der Waals surface area contributed by atoms with Crippen molar-refractivity contribution in [2.75, 3.05) is 30.4 Å². The second kappa shape index (κ2) is 7.00. The topological polar surface area (TPSA) is 105 Å². The van der Waals surface area contributed by atoms with E-state index >= 15 is 0 Å². The summed E-state index contributed by atoms with van der Waals surface area (Å²) in [4.78, 5) is 4.03. The van der Waals surface area contributed by atoms with E-state index in [4.69, 9.17) is 0 Å². The third-order valence-corrected chi connectivity index (χ3v) is 4.87. The lowest BCUT2D eigenvalue weighted by Gasteiger charge is -2.07. The predicted octanol–water partition coefficient (Wildman–Crippen LogP) is 0.226. The number of nitrogens with zero attached hydrogens (tertiary/aromatic N) is 1. The number of hydrogen-bond donors (Lipinski definition) is 2. The highest BCUT2D eigenvalue weighted by molar-refractivity contribution is 7.90. The number of pyridine rings is 1. The van der Waals surface area contributed by atoms with Crippen LogP contribution in [0.4, 0.5) is 5.82 Å². The average Bonchev–Trinajstić information content (AvgIpc) is 2.35. The first-order valence-corrected chi connectivity index (χ1v) is 9.66. The number of aromatic nitrogens is 1. The normalized spacial score (nSPS) is 12.3. The van der Waals surface area contributed by atoms with E-state index in [1.54, 1.807) is 6.07 Å². The summed E-state index contributed by atoms with van der Waals surface area (Å²) in [5, 5.41) is 2.96. The summed E-state index contributed by atoms with van der Waals surface area (Å²) in [6.45, 7) is 2.68. The zero-order chi connectivity index (χ0) is 15.2. The number of sulfonamides is 1. The number of nitrogens with one attached hydrogen (secondary N) is 2. The number of hydrogen-bond acceptors (Lipinski definition) is 6. The summed E-state index contributed by atoms with van der Waals surface area (Å²) >= 11 is 0. The van der Waals surface area contributed by atoms with Crippen LogP contribution in [-0.4, -0.2) is 46.9 Å². The van der Waals surface area contributed by atoms with Gasteiger partial charge >= 0.3 is 0 Å². The predicted molar refractivity (Wildman–Crippen MR) is 77.9 cm³/mol. The molecular formula is C11H19N3O4S2. The van der Waals surface area contributed by atoms with Gasteiger partial charge in [0.05, 0.1) is 5.75 Å². The Morgan fingerprint density at radius 1 is 1.20 bits per heavy atom. The first-order valence-electron chi connectivity index (χ1n) is 6.12. The van der Waals surface area contributed by atoms with Crippen LogP contribution in [0, 0.1) is 0 Å². The van der Waals surface area contributed by atoms with E-state index in [9.17, 15) is 16.8 Å². The summed E-state index contributed by atoms with van der Waals surface area (Å²) in [6, 6.07) is 3.03. The smallest absolute Gasteiger partial charge is 0.242 e. The summed E-state index contributed by atoms with van der Waals surface area (Å²) in [6.07, 6.45) is 2.61. The van der Waals surface area contributed by atoms with Crippen LogP contribution in [-0.2, 0) is 19.9 Å². The lowest BCUT2D eigenvalue weighted by Crippen LogP contribution is -2.26. The molecule has 0 saturated carbocycles. The molecule has 0 aliphatic carbocycles. The quantitative estimate of drug-likeness (QED) is 0.664. The van der Waals surface area contributed by atoms with Gasteiger partial charge < -0.3 is 5.32 Å². The molecule has 20 heavy (non-hydrogen) atoms. The monoisotopic (exact) mass is 321 g/mol. The molecule has 0 aliphatic rings. The van der Waals surface area contributed by atoms with Crippen LogP contribution in [0.15, 0.2) is 23.2 Å². The first kappa shape index (κ1) is 16.9. The van der Waals surface area contributed by atoms with Crippen molar-refractivity contribution in [3.63, 3.8) is 0 Å². The van der Waals surface area contributed by atoms with Gasteiger partial charge in [0.25, 0.3) is 0 Å². The molecule has 0 bridgehead atoms. The fraction of sp³-hybridized carbons (Fsp3) is 0.545. The molecule has 0 aromatic carbocycles. The molecule has 0 saturated heterocycles. The molecule has 0 fully saturated rings. The number of rotatable bonds is 8. The molecule has 1 aromatic rings.